The Kier molecular flexibility index (Phi) is 3.68. The number of rotatable bonds is 3. The van der Waals surface area contributed by atoms with Crippen molar-refractivity contribution < 1.29 is 0 Å². The largest absolute Gasteiger partial charge is 0.330 e. The molecule has 0 unspecified atom stereocenters. The van der Waals surface area contributed by atoms with Crippen LogP contribution in [0, 0.1) is 11.3 Å². The zero-order valence-corrected chi connectivity index (χ0v) is 7.27. The maximum atomic E-state index is 8.61. The van der Waals surface area contributed by atoms with Crippen LogP contribution in [0.3, 0.4) is 0 Å². The van der Waals surface area contributed by atoms with Crippen molar-refractivity contribution in [3.63, 3.8) is 0 Å². The molecule has 0 atom stereocenters. The highest BCUT2D eigenvalue weighted by Crippen LogP contribution is 2.02. The Morgan fingerprint density at radius 2 is 2.46 bits per heavy atom. The summed E-state index contributed by atoms with van der Waals surface area (Å²) >= 11 is 0. The van der Waals surface area contributed by atoms with Gasteiger partial charge in [0.15, 0.2) is 0 Å². The molecule has 0 aliphatic heterocycles. The lowest BCUT2D eigenvalue weighted by Crippen LogP contribution is -1.95. The molecule has 0 aliphatic rings. The van der Waals surface area contributed by atoms with Crippen LogP contribution in [0.1, 0.15) is 17.7 Å². The molecule has 0 radical (unpaired) electrons. The number of hydrogen-bond donors (Lipinski definition) is 1. The molecule has 1 aromatic rings. The van der Waals surface area contributed by atoms with Gasteiger partial charge in [-0.2, -0.15) is 5.26 Å². The van der Waals surface area contributed by atoms with Crippen LogP contribution in [0.4, 0.5) is 0 Å². The van der Waals surface area contributed by atoms with Gasteiger partial charge in [-0.05, 0) is 31.2 Å². The van der Waals surface area contributed by atoms with E-state index in [9.17, 15) is 0 Å². The van der Waals surface area contributed by atoms with Gasteiger partial charge in [0.05, 0.1) is 17.3 Å². The van der Waals surface area contributed by atoms with Crippen LogP contribution in [0.25, 0.3) is 6.08 Å². The molecule has 0 amide bonds. The summed E-state index contributed by atoms with van der Waals surface area (Å²) in [5.74, 6) is 0. The lowest BCUT2D eigenvalue weighted by Gasteiger charge is -1.92. The standard InChI is InChI=1S/C10H11N3/c11-5-2-1-3-10-7-9(8-12)4-6-13-10/h1,3-4,6-7H,2,5,11H2. The molecule has 0 spiro atoms. The van der Waals surface area contributed by atoms with E-state index in [1.807, 2.05) is 12.2 Å². The van der Waals surface area contributed by atoms with Crippen molar-refractivity contribution in [3.05, 3.63) is 35.7 Å². The van der Waals surface area contributed by atoms with Gasteiger partial charge >= 0.3 is 0 Å². The first-order chi connectivity index (χ1) is 6.36. The SMILES string of the molecule is N#Cc1ccnc(C=CCCN)c1. The first kappa shape index (κ1) is 9.43. The van der Waals surface area contributed by atoms with Gasteiger partial charge in [0, 0.05) is 6.20 Å². The second-order valence-corrected chi connectivity index (χ2v) is 2.56. The molecular weight excluding hydrogens is 162 g/mol. The van der Waals surface area contributed by atoms with Gasteiger partial charge < -0.3 is 5.73 Å². The van der Waals surface area contributed by atoms with E-state index in [1.165, 1.54) is 0 Å². The van der Waals surface area contributed by atoms with E-state index in [0.29, 0.717) is 12.1 Å². The van der Waals surface area contributed by atoms with Crippen LogP contribution in [0.5, 0.6) is 0 Å². The second kappa shape index (κ2) is 5.07. The van der Waals surface area contributed by atoms with E-state index < -0.39 is 0 Å². The van der Waals surface area contributed by atoms with Crippen molar-refractivity contribution in [2.75, 3.05) is 6.54 Å². The number of hydrogen-bond acceptors (Lipinski definition) is 3. The van der Waals surface area contributed by atoms with Gasteiger partial charge in [0.2, 0.25) is 0 Å². The average Bonchev–Trinajstić information content (AvgIpc) is 2.19. The van der Waals surface area contributed by atoms with E-state index in [0.717, 1.165) is 12.1 Å². The normalized spacial score (nSPS) is 10.2. The van der Waals surface area contributed by atoms with Crippen molar-refractivity contribution in [1.29, 1.82) is 5.26 Å². The lowest BCUT2D eigenvalue weighted by atomic mass is 10.2. The Bertz CT molecular complexity index is 336. The monoisotopic (exact) mass is 173 g/mol. The summed E-state index contributed by atoms with van der Waals surface area (Å²) in [7, 11) is 0. The molecule has 2 N–H and O–H groups in total. The average molecular weight is 173 g/mol. The molecule has 3 heteroatoms. The van der Waals surface area contributed by atoms with Gasteiger partial charge in [-0.25, -0.2) is 0 Å². The molecule has 1 aromatic heterocycles. The molecule has 0 bridgehead atoms. The predicted octanol–water partition coefficient (Wildman–Crippen LogP) is 1.32. The fourth-order valence-corrected chi connectivity index (χ4v) is 0.909. The maximum Gasteiger partial charge on any atom is 0.0992 e. The summed E-state index contributed by atoms with van der Waals surface area (Å²) in [6, 6.07) is 5.48. The van der Waals surface area contributed by atoms with Crippen LogP contribution in [-0.2, 0) is 0 Å². The third-order valence-corrected chi connectivity index (χ3v) is 1.53. The Morgan fingerprint density at radius 3 is 3.15 bits per heavy atom. The summed E-state index contributed by atoms with van der Waals surface area (Å²) < 4.78 is 0. The molecule has 0 aromatic carbocycles. The highest BCUT2D eigenvalue weighted by molar-refractivity contribution is 5.47. The Hall–Kier alpha value is -1.66. The van der Waals surface area contributed by atoms with Crippen LogP contribution in [-0.4, -0.2) is 11.5 Å². The van der Waals surface area contributed by atoms with Gasteiger partial charge in [-0.1, -0.05) is 6.08 Å². The summed E-state index contributed by atoms with van der Waals surface area (Å²) in [6.07, 6.45) is 6.27. The van der Waals surface area contributed by atoms with Crippen molar-refractivity contribution >= 4 is 6.08 Å². The molecular formula is C10H11N3. The predicted molar refractivity (Wildman–Crippen MR) is 51.7 cm³/mol. The Labute approximate surface area is 77.5 Å². The Morgan fingerprint density at radius 1 is 1.62 bits per heavy atom. The fourth-order valence-electron chi connectivity index (χ4n) is 0.909. The summed E-state index contributed by atoms with van der Waals surface area (Å²) in [5.41, 5.74) is 6.75. The molecule has 66 valence electrons. The van der Waals surface area contributed by atoms with E-state index in [-0.39, 0.29) is 0 Å². The number of aromatic nitrogens is 1. The molecule has 1 rings (SSSR count). The minimum Gasteiger partial charge on any atom is -0.330 e. The van der Waals surface area contributed by atoms with E-state index >= 15 is 0 Å². The first-order valence-corrected chi connectivity index (χ1v) is 4.09. The number of nitriles is 1. The zero-order chi connectivity index (χ0) is 9.52. The van der Waals surface area contributed by atoms with Crippen LogP contribution >= 0.6 is 0 Å². The second-order valence-electron chi connectivity index (χ2n) is 2.56. The van der Waals surface area contributed by atoms with Gasteiger partial charge in [-0.15, -0.1) is 0 Å². The number of nitrogens with zero attached hydrogens (tertiary/aromatic N) is 2. The smallest absolute Gasteiger partial charge is 0.0992 e. The molecule has 3 nitrogen and oxygen atoms in total. The number of nitrogens with two attached hydrogens (primary N) is 1. The third kappa shape index (κ3) is 3.06. The molecule has 1 heterocycles. The molecule has 13 heavy (non-hydrogen) atoms. The summed E-state index contributed by atoms with van der Waals surface area (Å²) in [5, 5.41) is 8.61. The van der Waals surface area contributed by atoms with Crippen molar-refractivity contribution in [2.45, 2.75) is 6.42 Å². The minimum absolute atomic E-state index is 0.627. The highest BCUT2D eigenvalue weighted by Gasteiger charge is 1.90. The topological polar surface area (TPSA) is 62.7 Å². The third-order valence-electron chi connectivity index (χ3n) is 1.53. The fraction of sp³-hybridized carbons (Fsp3) is 0.200. The lowest BCUT2D eigenvalue weighted by molar-refractivity contribution is 1.01. The molecule has 0 saturated heterocycles. The van der Waals surface area contributed by atoms with Crippen LogP contribution in [0.15, 0.2) is 24.4 Å². The zero-order valence-electron chi connectivity index (χ0n) is 7.27. The van der Waals surface area contributed by atoms with Crippen LogP contribution in [0.2, 0.25) is 0 Å². The molecule has 0 aliphatic carbocycles. The van der Waals surface area contributed by atoms with Crippen molar-refractivity contribution in [1.82, 2.24) is 4.98 Å². The van der Waals surface area contributed by atoms with E-state index in [4.69, 9.17) is 11.0 Å². The van der Waals surface area contributed by atoms with Gasteiger partial charge in [-0.3, -0.25) is 4.98 Å². The number of pyridine rings is 1. The van der Waals surface area contributed by atoms with Gasteiger partial charge in [0.1, 0.15) is 0 Å². The quantitative estimate of drug-likeness (QED) is 0.749. The molecule has 0 fully saturated rings. The van der Waals surface area contributed by atoms with Crippen molar-refractivity contribution in [2.24, 2.45) is 5.73 Å². The Balaban J connectivity index is 2.73. The summed E-state index contributed by atoms with van der Waals surface area (Å²) in [4.78, 5) is 4.08. The van der Waals surface area contributed by atoms with Crippen LogP contribution < -0.4 is 5.73 Å². The molecule has 0 saturated carbocycles. The van der Waals surface area contributed by atoms with Gasteiger partial charge in [0.25, 0.3) is 0 Å². The summed E-state index contributed by atoms with van der Waals surface area (Å²) in [6.45, 7) is 0.633. The first-order valence-electron chi connectivity index (χ1n) is 4.09. The highest BCUT2D eigenvalue weighted by atomic mass is 14.7. The van der Waals surface area contributed by atoms with E-state index in [2.05, 4.69) is 11.1 Å². The minimum atomic E-state index is 0.627. The van der Waals surface area contributed by atoms with E-state index in [1.54, 1.807) is 18.3 Å². The van der Waals surface area contributed by atoms with Crippen molar-refractivity contribution in [3.8, 4) is 6.07 Å². The maximum absolute atomic E-state index is 8.61.